The van der Waals surface area contributed by atoms with Gasteiger partial charge in [-0.2, -0.15) is 0 Å². The minimum absolute atomic E-state index is 0.00415. The van der Waals surface area contributed by atoms with Crippen molar-refractivity contribution >= 4 is 81.1 Å². The summed E-state index contributed by atoms with van der Waals surface area (Å²) in [5.74, 6) is 2.30. The number of thiazole rings is 1. The van der Waals surface area contributed by atoms with Crippen LogP contribution in [0, 0.1) is 0 Å². The highest BCUT2D eigenvalue weighted by Crippen LogP contribution is 2.41. The van der Waals surface area contributed by atoms with Crippen LogP contribution >= 0.6 is 34.9 Å². The Balaban J connectivity index is 1.53. The highest BCUT2D eigenvalue weighted by Gasteiger charge is 2.54. The molecule has 4 heterocycles. The lowest BCUT2D eigenvalue weighted by Crippen LogP contribution is -2.71. The number of nitrogen functional groups attached to an aromatic ring is 4. The van der Waals surface area contributed by atoms with E-state index in [1.165, 1.54) is 37.1 Å². The first-order chi connectivity index (χ1) is 19.2. The van der Waals surface area contributed by atoms with Crippen LogP contribution in [-0.2, 0) is 24.0 Å². The molecule has 20 heteroatoms. The lowest BCUT2D eigenvalue weighted by atomic mass is 10.0. The Hall–Kier alpha value is -4.30. The molecule has 1 fully saturated rings. The van der Waals surface area contributed by atoms with E-state index in [0.717, 1.165) is 32.7 Å². The van der Waals surface area contributed by atoms with E-state index in [-0.39, 0.29) is 44.8 Å². The number of fused-ring (bicyclic) bond motifs is 1. The fraction of sp³-hybridized carbons (Fsp3) is 0.333. The Morgan fingerprint density at radius 1 is 1.29 bits per heavy atom. The van der Waals surface area contributed by atoms with Crippen molar-refractivity contribution < 1.29 is 38.9 Å². The second kappa shape index (κ2) is 11.3. The van der Waals surface area contributed by atoms with E-state index >= 15 is 0 Å². The third-order valence-electron chi connectivity index (χ3n) is 5.78. The maximum absolute atomic E-state index is 13.2. The second-order valence-electron chi connectivity index (χ2n) is 9.08. The molecule has 2 amide bonds. The zero-order valence-corrected chi connectivity index (χ0v) is 23.9. The quantitative estimate of drug-likeness (QED) is 0.0298. The summed E-state index contributed by atoms with van der Waals surface area (Å²) in [4.78, 5) is 64.2. The fourth-order valence-electron chi connectivity index (χ4n) is 3.59. The number of carboxylic acids is 2. The Bertz CT molecular complexity index is 1510. The van der Waals surface area contributed by atoms with Crippen molar-refractivity contribution in [2.45, 2.75) is 36.0 Å². The molecular formula is C21H25N10O7S3+. The van der Waals surface area contributed by atoms with Gasteiger partial charge in [-0.05, 0) is 31.2 Å². The van der Waals surface area contributed by atoms with E-state index in [9.17, 15) is 29.4 Å². The van der Waals surface area contributed by atoms with Gasteiger partial charge in [0.25, 0.3) is 11.8 Å². The van der Waals surface area contributed by atoms with Gasteiger partial charge in [0.15, 0.2) is 10.8 Å². The lowest BCUT2D eigenvalue weighted by molar-refractivity contribution is -0.667. The number of aromatic nitrogens is 3. The van der Waals surface area contributed by atoms with Crippen molar-refractivity contribution in [1.82, 2.24) is 20.2 Å². The van der Waals surface area contributed by atoms with E-state index < -0.39 is 46.5 Å². The van der Waals surface area contributed by atoms with Crippen LogP contribution in [0.15, 0.2) is 33.0 Å². The predicted octanol–water partition coefficient (Wildman–Crippen LogP) is -1.60. The Morgan fingerprint density at radius 2 is 2.00 bits per heavy atom. The van der Waals surface area contributed by atoms with E-state index in [0.29, 0.717) is 5.57 Å². The van der Waals surface area contributed by atoms with E-state index in [2.05, 4.69) is 20.4 Å². The first-order valence-corrected chi connectivity index (χ1v) is 14.4. The number of carbonyl (C=O) groups is 4. The molecule has 2 aliphatic rings. The molecule has 1 unspecified atom stereocenters. The molecule has 0 spiro atoms. The maximum Gasteiger partial charge on any atom is 0.352 e. The fourth-order valence-corrected chi connectivity index (χ4v) is 6.56. The van der Waals surface area contributed by atoms with Gasteiger partial charge in [0, 0.05) is 16.9 Å². The molecular weight excluding hydrogens is 600 g/mol. The normalized spacial score (nSPS) is 18.9. The summed E-state index contributed by atoms with van der Waals surface area (Å²) in [5, 5.41) is 26.5. The molecule has 0 saturated carbocycles. The Kier molecular flexibility index (Phi) is 8.17. The maximum atomic E-state index is 13.2. The summed E-state index contributed by atoms with van der Waals surface area (Å²) in [7, 11) is 0. The minimum atomic E-state index is -1.78. The molecule has 2 aliphatic heterocycles. The molecule has 41 heavy (non-hydrogen) atoms. The van der Waals surface area contributed by atoms with E-state index in [1.54, 1.807) is 0 Å². The van der Waals surface area contributed by atoms with Gasteiger partial charge in [-0.25, -0.2) is 14.6 Å². The monoisotopic (exact) mass is 625 g/mol. The number of rotatable bonds is 10. The number of carbonyl (C=O) groups excluding carboxylic acids is 2. The van der Waals surface area contributed by atoms with Crippen molar-refractivity contribution in [2.24, 2.45) is 5.16 Å². The van der Waals surface area contributed by atoms with Gasteiger partial charge in [-0.3, -0.25) is 20.3 Å². The summed E-state index contributed by atoms with van der Waals surface area (Å²) in [6, 6.07) is 0.269. The number of nitrogens with two attached hydrogens (primary N) is 4. The number of thioether (sulfide) groups is 2. The number of anilines is 3. The molecule has 0 aromatic carbocycles. The van der Waals surface area contributed by atoms with Crippen molar-refractivity contribution in [3.8, 4) is 0 Å². The molecule has 1 saturated heterocycles. The summed E-state index contributed by atoms with van der Waals surface area (Å²) in [6.07, 6.45) is 0. The molecule has 2 atom stereocenters. The average Bonchev–Trinajstić information content (AvgIpc) is 3.33. The number of nitrogens with one attached hydrogen (secondary N) is 1. The van der Waals surface area contributed by atoms with Crippen LogP contribution in [0.25, 0.3) is 0 Å². The first kappa shape index (κ1) is 29.7. The number of amides is 2. The van der Waals surface area contributed by atoms with Crippen LogP contribution in [0.5, 0.6) is 0 Å². The standard InChI is InChI=1S/C21H24N10O7S3/c1-21(2,18(36)37)38-29-11(8-6-40-19(24)26-8)14(32)28-12-15(33)30-13(17(34)35)7(4-39-16(12)30)5-41-20-27-9(22)3-10(23)31(20)25/h3,6,12,16H,4-5,25H2,1-2H3,(H8,22,23,24,26,28,32,34,35,36,37)/p+1/b29-11-/t12?,16-/m1/s1. The average molecular weight is 626 g/mol. The predicted molar refractivity (Wildman–Crippen MR) is 150 cm³/mol. The lowest BCUT2D eigenvalue weighted by Gasteiger charge is -2.49. The number of carboxylic acid groups (broad SMARTS) is 2. The summed E-state index contributed by atoms with van der Waals surface area (Å²) in [5.41, 5.74) is 15.2. The van der Waals surface area contributed by atoms with Gasteiger partial charge in [-0.1, -0.05) is 10.1 Å². The molecule has 11 N–H and O–H groups in total. The largest absolute Gasteiger partial charge is 0.478 e. The van der Waals surface area contributed by atoms with Crippen molar-refractivity contribution in [1.29, 1.82) is 0 Å². The molecule has 0 bridgehead atoms. The van der Waals surface area contributed by atoms with E-state index in [4.69, 9.17) is 27.9 Å². The van der Waals surface area contributed by atoms with Crippen LogP contribution in [0.3, 0.4) is 0 Å². The SMILES string of the molecule is CC(C)(O/N=C(\C(=O)NC1C(=O)N2C(C(=O)O)=C(CSc3nc(N)cc(N)[n+]3N)CS[C@H]12)c1csc(N)n1)C(=O)O. The zero-order chi connectivity index (χ0) is 30.2. The van der Waals surface area contributed by atoms with Crippen molar-refractivity contribution in [3.63, 3.8) is 0 Å². The van der Waals surface area contributed by atoms with Crippen molar-refractivity contribution in [3.05, 3.63) is 28.4 Å². The van der Waals surface area contributed by atoms with Crippen LogP contribution in [0.4, 0.5) is 16.8 Å². The number of β-lactam (4-membered cyclic amide) rings is 1. The number of nitrogens with zero attached hydrogens (tertiary/aromatic N) is 5. The molecule has 0 radical (unpaired) electrons. The summed E-state index contributed by atoms with van der Waals surface area (Å²) >= 11 is 3.34. The third-order valence-corrected chi connectivity index (χ3v) is 8.83. The number of hydrogen-bond acceptors (Lipinski definition) is 15. The third kappa shape index (κ3) is 5.93. The highest BCUT2D eigenvalue weighted by atomic mass is 32.2. The van der Waals surface area contributed by atoms with Gasteiger partial charge in [0.2, 0.25) is 17.2 Å². The molecule has 2 aromatic heterocycles. The highest BCUT2D eigenvalue weighted by molar-refractivity contribution is 8.01. The zero-order valence-electron chi connectivity index (χ0n) is 21.4. The van der Waals surface area contributed by atoms with Crippen LogP contribution < -0.4 is 33.0 Å². The topological polar surface area (TPSA) is 279 Å². The van der Waals surface area contributed by atoms with Crippen LogP contribution in [0.2, 0.25) is 0 Å². The van der Waals surface area contributed by atoms with Gasteiger partial charge in [-0.15, -0.1) is 27.8 Å². The van der Waals surface area contributed by atoms with Gasteiger partial charge in [0.05, 0.1) is 6.07 Å². The Labute approximate surface area is 243 Å². The van der Waals surface area contributed by atoms with Gasteiger partial charge >= 0.3 is 17.1 Å². The minimum Gasteiger partial charge on any atom is -0.478 e. The second-order valence-corrected chi connectivity index (χ2v) is 12.0. The molecule has 4 rings (SSSR count). The van der Waals surface area contributed by atoms with Gasteiger partial charge < -0.3 is 37.6 Å². The summed E-state index contributed by atoms with van der Waals surface area (Å²) in [6.45, 7) is 2.46. The Morgan fingerprint density at radius 3 is 2.61 bits per heavy atom. The van der Waals surface area contributed by atoms with Gasteiger partial charge in [0.1, 0.15) is 22.8 Å². The molecule has 0 aliphatic carbocycles. The molecule has 218 valence electrons. The number of aliphatic carboxylic acids is 2. The van der Waals surface area contributed by atoms with Crippen molar-refractivity contribution in [2.75, 3.05) is 34.5 Å². The molecule has 2 aromatic rings. The van der Waals surface area contributed by atoms with Crippen LogP contribution in [-0.4, -0.2) is 83.1 Å². The number of oxime groups is 1. The first-order valence-electron chi connectivity index (χ1n) is 11.5. The summed E-state index contributed by atoms with van der Waals surface area (Å²) < 4.78 is 1.11. The smallest absolute Gasteiger partial charge is 0.352 e. The molecule has 17 nitrogen and oxygen atoms in total. The van der Waals surface area contributed by atoms with Crippen LogP contribution in [0.1, 0.15) is 19.5 Å². The van der Waals surface area contributed by atoms with E-state index in [1.807, 2.05) is 0 Å². The number of hydrogen-bond donors (Lipinski definition) is 7.